The molecule has 1 aliphatic rings. The molecule has 6 heteroatoms. The first-order valence-electron chi connectivity index (χ1n) is 6.03. The first kappa shape index (κ1) is 11.6. The molecule has 1 saturated carbocycles. The van der Waals surface area contributed by atoms with Crippen molar-refractivity contribution >= 4 is 11.5 Å². The summed E-state index contributed by atoms with van der Waals surface area (Å²) in [5, 5.41) is 10.6. The minimum Gasteiger partial charge on any atom is -0.384 e. The van der Waals surface area contributed by atoms with Crippen LogP contribution in [0.4, 0.5) is 11.5 Å². The van der Waals surface area contributed by atoms with E-state index in [-0.39, 0.29) is 5.69 Å². The van der Waals surface area contributed by atoms with E-state index in [0.29, 0.717) is 17.6 Å². The maximum Gasteiger partial charge on any atom is 0.269 e. The number of non-ortho nitro benzene ring substituents is 1. The molecule has 2 N–H and O–H groups in total. The Morgan fingerprint density at radius 1 is 1.21 bits per heavy atom. The highest BCUT2D eigenvalue weighted by Gasteiger charge is 2.26. The van der Waals surface area contributed by atoms with Crippen LogP contribution in [0, 0.1) is 10.1 Å². The third-order valence-corrected chi connectivity index (χ3v) is 3.10. The first-order valence-corrected chi connectivity index (χ1v) is 6.03. The summed E-state index contributed by atoms with van der Waals surface area (Å²) in [6.07, 6.45) is 2.27. The average Bonchev–Trinajstić information content (AvgIpc) is 3.22. The van der Waals surface area contributed by atoms with Gasteiger partial charge in [-0.15, -0.1) is 0 Å². The van der Waals surface area contributed by atoms with Crippen LogP contribution in [0.5, 0.6) is 0 Å². The van der Waals surface area contributed by atoms with Gasteiger partial charge in [0, 0.05) is 35.4 Å². The molecule has 1 fully saturated rings. The molecule has 2 aromatic rings. The number of aromatic nitrogens is 2. The summed E-state index contributed by atoms with van der Waals surface area (Å²) in [7, 11) is 0. The van der Waals surface area contributed by atoms with Crippen molar-refractivity contribution in [2.75, 3.05) is 5.73 Å². The van der Waals surface area contributed by atoms with E-state index in [9.17, 15) is 10.1 Å². The van der Waals surface area contributed by atoms with Crippen LogP contribution in [0.1, 0.15) is 24.5 Å². The standard InChI is InChI=1S/C13H12N4O2/c14-12-7-11(8-1-2-8)15-13(16-12)9-3-5-10(6-4-9)17(18)19/h3-8H,1-2H2,(H2,14,15,16). The van der Waals surface area contributed by atoms with Gasteiger partial charge in [-0.3, -0.25) is 10.1 Å². The molecule has 6 nitrogen and oxygen atoms in total. The summed E-state index contributed by atoms with van der Waals surface area (Å²) in [5.74, 6) is 1.45. The Hall–Kier alpha value is -2.50. The summed E-state index contributed by atoms with van der Waals surface area (Å²) in [5.41, 5.74) is 7.53. The summed E-state index contributed by atoms with van der Waals surface area (Å²) >= 11 is 0. The van der Waals surface area contributed by atoms with Gasteiger partial charge in [0.05, 0.1) is 4.92 Å². The van der Waals surface area contributed by atoms with E-state index in [1.165, 1.54) is 12.1 Å². The van der Waals surface area contributed by atoms with Gasteiger partial charge in [-0.2, -0.15) is 0 Å². The van der Waals surface area contributed by atoms with Crippen molar-refractivity contribution in [2.24, 2.45) is 0 Å². The third kappa shape index (κ3) is 2.37. The van der Waals surface area contributed by atoms with Gasteiger partial charge in [-0.1, -0.05) is 0 Å². The summed E-state index contributed by atoms with van der Waals surface area (Å²) in [6.45, 7) is 0. The molecule has 19 heavy (non-hydrogen) atoms. The molecule has 1 heterocycles. The SMILES string of the molecule is Nc1cc(C2CC2)nc(-c2ccc([N+](=O)[O-])cc2)n1. The molecule has 0 aliphatic heterocycles. The van der Waals surface area contributed by atoms with Crippen molar-refractivity contribution in [3.05, 3.63) is 46.1 Å². The largest absolute Gasteiger partial charge is 0.384 e. The van der Waals surface area contributed by atoms with E-state index >= 15 is 0 Å². The topological polar surface area (TPSA) is 94.9 Å². The Morgan fingerprint density at radius 2 is 1.89 bits per heavy atom. The van der Waals surface area contributed by atoms with Crippen molar-refractivity contribution < 1.29 is 4.92 Å². The van der Waals surface area contributed by atoms with Gasteiger partial charge in [0.25, 0.3) is 5.69 Å². The van der Waals surface area contributed by atoms with Crippen LogP contribution in [0.2, 0.25) is 0 Å². The quantitative estimate of drug-likeness (QED) is 0.672. The fourth-order valence-electron chi connectivity index (χ4n) is 1.94. The number of nitrogens with two attached hydrogens (primary N) is 1. The second kappa shape index (κ2) is 4.31. The lowest BCUT2D eigenvalue weighted by Crippen LogP contribution is -1.99. The molecule has 0 atom stereocenters. The zero-order valence-corrected chi connectivity index (χ0v) is 10.1. The number of nitrogens with zero attached hydrogens (tertiary/aromatic N) is 3. The average molecular weight is 256 g/mol. The number of nitro benzene ring substituents is 1. The Kier molecular flexibility index (Phi) is 2.63. The van der Waals surface area contributed by atoms with Crippen molar-refractivity contribution in [1.29, 1.82) is 0 Å². The number of nitro groups is 1. The van der Waals surface area contributed by atoms with Gasteiger partial charge >= 0.3 is 0 Å². The van der Waals surface area contributed by atoms with E-state index in [0.717, 1.165) is 24.1 Å². The van der Waals surface area contributed by atoms with Crippen LogP contribution in [-0.4, -0.2) is 14.9 Å². The van der Waals surface area contributed by atoms with Crippen LogP contribution in [-0.2, 0) is 0 Å². The molecule has 0 amide bonds. The summed E-state index contributed by atoms with van der Waals surface area (Å²) in [4.78, 5) is 18.8. The number of hydrogen-bond acceptors (Lipinski definition) is 5. The Labute approximate surface area is 109 Å². The Balaban J connectivity index is 1.98. The van der Waals surface area contributed by atoms with Gasteiger partial charge in [-0.05, 0) is 25.0 Å². The second-order valence-corrected chi connectivity index (χ2v) is 4.62. The molecule has 0 spiro atoms. The zero-order chi connectivity index (χ0) is 13.4. The van der Waals surface area contributed by atoms with Crippen LogP contribution >= 0.6 is 0 Å². The van der Waals surface area contributed by atoms with Crippen LogP contribution in [0.25, 0.3) is 11.4 Å². The molecular weight excluding hydrogens is 244 g/mol. The van der Waals surface area contributed by atoms with Gasteiger partial charge < -0.3 is 5.73 Å². The van der Waals surface area contributed by atoms with Crippen molar-refractivity contribution in [2.45, 2.75) is 18.8 Å². The van der Waals surface area contributed by atoms with Gasteiger partial charge in [0.2, 0.25) is 0 Å². The highest BCUT2D eigenvalue weighted by Crippen LogP contribution is 2.39. The normalized spacial score (nSPS) is 14.3. The molecule has 96 valence electrons. The number of rotatable bonds is 3. The molecule has 0 radical (unpaired) electrons. The van der Waals surface area contributed by atoms with E-state index < -0.39 is 4.92 Å². The molecule has 1 aromatic heterocycles. The van der Waals surface area contributed by atoms with Gasteiger partial charge in [0.1, 0.15) is 5.82 Å². The Morgan fingerprint density at radius 3 is 2.47 bits per heavy atom. The number of hydrogen-bond donors (Lipinski definition) is 1. The molecule has 3 rings (SSSR count). The fourth-order valence-corrected chi connectivity index (χ4v) is 1.94. The highest BCUT2D eigenvalue weighted by molar-refractivity contribution is 5.59. The van der Waals surface area contributed by atoms with Crippen LogP contribution in [0.15, 0.2) is 30.3 Å². The van der Waals surface area contributed by atoms with Crippen LogP contribution in [0.3, 0.4) is 0 Å². The molecule has 0 unspecified atom stereocenters. The number of anilines is 1. The van der Waals surface area contributed by atoms with E-state index in [2.05, 4.69) is 9.97 Å². The number of nitrogen functional groups attached to an aromatic ring is 1. The molecular formula is C13H12N4O2. The first-order chi connectivity index (χ1) is 9.13. The number of benzene rings is 1. The molecule has 1 aliphatic carbocycles. The molecule has 0 bridgehead atoms. The minimum absolute atomic E-state index is 0.0510. The predicted molar refractivity (Wildman–Crippen MR) is 70.5 cm³/mol. The monoisotopic (exact) mass is 256 g/mol. The Bertz CT molecular complexity index is 636. The fraction of sp³-hybridized carbons (Fsp3) is 0.231. The van der Waals surface area contributed by atoms with Gasteiger partial charge in [0.15, 0.2) is 5.82 Å². The van der Waals surface area contributed by atoms with Crippen LogP contribution < -0.4 is 5.73 Å². The predicted octanol–water partition coefficient (Wildman–Crippen LogP) is 2.51. The van der Waals surface area contributed by atoms with Crippen molar-refractivity contribution in [3.63, 3.8) is 0 Å². The molecule has 1 aromatic carbocycles. The lowest BCUT2D eigenvalue weighted by molar-refractivity contribution is -0.384. The lowest BCUT2D eigenvalue weighted by Gasteiger charge is -2.04. The summed E-state index contributed by atoms with van der Waals surface area (Å²) in [6, 6.07) is 7.97. The smallest absolute Gasteiger partial charge is 0.269 e. The van der Waals surface area contributed by atoms with Crippen molar-refractivity contribution in [3.8, 4) is 11.4 Å². The highest BCUT2D eigenvalue weighted by atomic mass is 16.6. The van der Waals surface area contributed by atoms with E-state index in [4.69, 9.17) is 5.73 Å². The maximum absolute atomic E-state index is 10.6. The van der Waals surface area contributed by atoms with Crippen molar-refractivity contribution in [1.82, 2.24) is 9.97 Å². The maximum atomic E-state index is 10.6. The third-order valence-electron chi connectivity index (χ3n) is 3.10. The minimum atomic E-state index is -0.431. The van der Waals surface area contributed by atoms with E-state index in [1.54, 1.807) is 18.2 Å². The molecule has 0 saturated heterocycles. The second-order valence-electron chi connectivity index (χ2n) is 4.62. The summed E-state index contributed by atoms with van der Waals surface area (Å²) < 4.78 is 0. The zero-order valence-electron chi connectivity index (χ0n) is 10.1. The lowest BCUT2D eigenvalue weighted by atomic mass is 10.2. The van der Waals surface area contributed by atoms with E-state index in [1.807, 2.05) is 0 Å². The van der Waals surface area contributed by atoms with Gasteiger partial charge in [-0.25, -0.2) is 9.97 Å².